The summed E-state index contributed by atoms with van der Waals surface area (Å²) in [5.74, 6) is -0.294. The molecule has 2 rings (SSSR count). The van der Waals surface area contributed by atoms with Crippen molar-refractivity contribution in [2.45, 2.75) is 5.50 Å². The number of hydrogen-bond acceptors (Lipinski definition) is 2. The molecule has 0 radical (unpaired) electrons. The molecule has 4 heteroatoms. The molecule has 0 aromatic heterocycles. The average molecular weight is 249 g/mol. The van der Waals surface area contributed by atoms with Gasteiger partial charge in [0, 0.05) is 0 Å². The molecule has 0 saturated heterocycles. The topological polar surface area (TPSA) is 24.7 Å². The van der Waals surface area contributed by atoms with Gasteiger partial charge in [-0.2, -0.15) is 10.2 Å². The van der Waals surface area contributed by atoms with E-state index in [1.165, 1.54) is 12.1 Å². The predicted molar refractivity (Wildman–Crippen MR) is 66.0 cm³/mol. The molecule has 0 fully saturated rings. The molecule has 0 N–H and O–H groups in total. The van der Waals surface area contributed by atoms with Gasteiger partial charge in [0.2, 0.25) is 0 Å². The largest absolute Gasteiger partial charge is 0.207 e. The van der Waals surface area contributed by atoms with E-state index in [0.29, 0.717) is 5.56 Å². The van der Waals surface area contributed by atoms with Crippen molar-refractivity contribution < 1.29 is 4.39 Å². The fourth-order valence-electron chi connectivity index (χ4n) is 1.30. The Hall–Kier alpha value is -1.74. The van der Waals surface area contributed by atoms with Crippen molar-refractivity contribution in [3.63, 3.8) is 0 Å². The number of rotatable bonds is 3. The third kappa shape index (κ3) is 3.36. The molecule has 1 unspecified atom stereocenters. The first kappa shape index (κ1) is 11.7. The third-order valence-electron chi connectivity index (χ3n) is 2.18. The molecule has 0 aliphatic carbocycles. The minimum Gasteiger partial charge on any atom is -0.207 e. The van der Waals surface area contributed by atoms with E-state index in [-0.39, 0.29) is 5.82 Å². The monoisotopic (exact) mass is 248 g/mol. The van der Waals surface area contributed by atoms with Gasteiger partial charge < -0.3 is 0 Å². The van der Waals surface area contributed by atoms with Gasteiger partial charge in [0.05, 0.1) is 5.69 Å². The molecule has 86 valence electrons. The molecule has 0 bridgehead atoms. The van der Waals surface area contributed by atoms with Gasteiger partial charge in [-0.25, -0.2) is 4.39 Å². The maximum Gasteiger partial charge on any atom is 0.169 e. The highest BCUT2D eigenvalue weighted by Gasteiger charge is 2.05. The molecule has 2 aromatic rings. The molecule has 0 amide bonds. The van der Waals surface area contributed by atoms with Gasteiger partial charge in [-0.3, -0.25) is 0 Å². The van der Waals surface area contributed by atoms with Crippen LogP contribution < -0.4 is 0 Å². The highest BCUT2D eigenvalue weighted by molar-refractivity contribution is 6.20. The smallest absolute Gasteiger partial charge is 0.169 e. The highest BCUT2D eigenvalue weighted by atomic mass is 35.5. The Morgan fingerprint density at radius 3 is 2.24 bits per heavy atom. The van der Waals surface area contributed by atoms with Crippen molar-refractivity contribution in [2.75, 3.05) is 0 Å². The van der Waals surface area contributed by atoms with Gasteiger partial charge in [0.15, 0.2) is 5.50 Å². The first-order valence-corrected chi connectivity index (χ1v) is 5.55. The van der Waals surface area contributed by atoms with Crippen LogP contribution in [0.4, 0.5) is 10.1 Å². The lowest BCUT2D eigenvalue weighted by atomic mass is 10.2. The van der Waals surface area contributed by atoms with E-state index >= 15 is 0 Å². The molecule has 2 nitrogen and oxygen atoms in total. The average Bonchev–Trinajstić information content (AvgIpc) is 2.38. The zero-order valence-electron chi connectivity index (χ0n) is 8.92. The lowest BCUT2D eigenvalue weighted by Gasteiger charge is -2.02. The van der Waals surface area contributed by atoms with Crippen molar-refractivity contribution in [2.24, 2.45) is 10.2 Å². The molecule has 0 aliphatic heterocycles. The van der Waals surface area contributed by atoms with E-state index in [1.807, 2.05) is 30.3 Å². The van der Waals surface area contributed by atoms with Crippen LogP contribution >= 0.6 is 11.6 Å². The normalized spacial score (nSPS) is 12.8. The van der Waals surface area contributed by atoms with Crippen LogP contribution in [0, 0.1) is 5.82 Å². The van der Waals surface area contributed by atoms with Crippen LogP contribution in [0.5, 0.6) is 0 Å². The summed E-state index contributed by atoms with van der Waals surface area (Å²) < 4.78 is 12.7. The van der Waals surface area contributed by atoms with Crippen LogP contribution in [-0.2, 0) is 0 Å². The number of nitrogens with zero attached hydrogens (tertiary/aromatic N) is 2. The van der Waals surface area contributed by atoms with E-state index in [2.05, 4.69) is 10.2 Å². The maximum atomic E-state index is 12.7. The van der Waals surface area contributed by atoms with Crippen LogP contribution in [0.2, 0.25) is 0 Å². The van der Waals surface area contributed by atoms with Crippen LogP contribution in [0.15, 0.2) is 64.8 Å². The van der Waals surface area contributed by atoms with E-state index in [0.717, 1.165) is 5.69 Å². The second-order valence-electron chi connectivity index (χ2n) is 3.44. The summed E-state index contributed by atoms with van der Waals surface area (Å²) >= 11 is 6.03. The van der Waals surface area contributed by atoms with Gasteiger partial charge in [-0.05, 0) is 29.8 Å². The number of hydrogen-bond donors (Lipinski definition) is 0. The van der Waals surface area contributed by atoms with Gasteiger partial charge >= 0.3 is 0 Å². The summed E-state index contributed by atoms with van der Waals surface area (Å²) in [5, 5.41) is 7.97. The first-order chi connectivity index (χ1) is 8.25. The Morgan fingerprint density at radius 1 is 0.941 bits per heavy atom. The summed E-state index contributed by atoms with van der Waals surface area (Å²) in [6, 6.07) is 15.2. The highest BCUT2D eigenvalue weighted by Crippen LogP contribution is 2.24. The van der Waals surface area contributed by atoms with Crippen molar-refractivity contribution in [1.29, 1.82) is 0 Å². The van der Waals surface area contributed by atoms with Crippen LogP contribution in [0.3, 0.4) is 0 Å². The Kier molecular flexibility index (Phi) is 3.83. The van der Waals surface area contributed by atoms with Crippen molar-refractivity contribution >= 4 is 17.3 Å². The number of halogens is 2. The van der Waals surface area contributed by atoms with E-state index in [4.69, 9.17) is 11.6 Å². The zero-order valence-corrected chi connectivity index (χ0v) is 9.68. The summed E-state index contributed by atoms with van der Waals surface area (Å²) in [7, 11) is 0. The van der Waals surface area contributed by atoms with Crippen LogP contribution in [0.1, 0.15) is 11.1 Å². The standard InChI is InChI=1S/C13H10ClFN2/c14-13(10-6-8-11(15)9-7-10)17-16-12-4-2-1-3-5-12/h1-9,13H. The van der Waals surface area contributed by atoms with E-state index < -0.39 is 5.50 Å². The maximum absolute atomic E-state index is 12.7. The summed E-state index contributed by atoms with van der Waals surface area (Å²) in [4.78, 5) is 0. The van der Waals surface area contributed by atoms with Crippen LogP contribution in [0.25, 0.3) is 0 Å². The molecule has 0 saturated carbocycles. The Bertz CT molecular complexity index is 497. The lowest BCUT2D eigenvalue weighted by molar-refractivity contribution is 0.627. The summed E-state index contributed by atoms with van der Waals surface area (Å²) in [5.41, 5.74) is 0.851. The minimum atomic E-state index is -0.601. The fourth-order valence-corrected chi connectivity index (χ4v) is 1.49. The first-order valence-electron chi connectivity index (χ1n) is 5.11. The molecular weight excluding hydrogens is 239 g/mol. The Labute approximate surface area is 104 Å². The van der Waals surface area contributed by atoms with Gasteiger partial charge in [-0.15, -0.1) is 0 Å². The molecule has 0 spiro atoms. The number of benzene rings is 2. The zero-order chi connectivity index (χ0) is 12.1. The number of alkyl halides is 1. The molecule has 0 heterocycles. The van der Waals surface area contributed by atoms with E-state index in [1.54, 1.807) is 12.1 Å². The molecule has 1 atom stereocenters. The SMILES string of the molecule is Fc1ccc(C(Cl)N=Nc2ccccc2)cc1. The fraction of sp³-hybridized carbons (Fsp3) is 0.0769. The van der Waals surface area contributed by atoms with Crippen LogP contribution in [-0.4, -0.2) is 0 Å². The van der Waals surface area contributed by atoms with Gasteiger partial charge in [0.25, 0.3) is 0 Å². The summed E-state index contributed by atoms with van der Waals surface area (Å²) in [6.45, 7) is 0. The number of azo groups is 1. The third-order valence-corrected chi connectivity index (χ3v) is 2.52. The summed E-state index contributed by atoms with van der Waals surface area (Å²) in [6.07, 6.45) is 0. The quantitative estimate of drug-likeness (QED) is 0.422. The second kappa shape index (κ2) is 5.55. The predicted octanol–water partition coefficient (Wildman–Crippen LogP) is 4.85. The van der Waals surface area contributed by atoms with Gasteiger partial charge in [-0.1, -0.05) is 41.9 Å². The Balaban J connectivity index is 2.09. The van der Waals surface area contributed by atoms with E-state index in [9.17, 15) is 4.39 Å². The lowest BCUT2D eigenvalue weighted by Crippen LogP contribution is -1.85. The molecule has 0 aliphatic rings. The van der Waals surface area contributed by atoms with Gasteiger partial charge in [0.1, 0.15) is 5.82 Å². The molecule has 17 heavy (non-hydrogen) atoms. The van der Waals surface area contributed by atoms with Crippen molar-refractivity contribution in [3.8, 4) is 0 Å². The molecular formula is C13H10ClFN2. The van der Waals surface area contributed by atoms with Crippen molar-refractivity contribution in [1.82, 2.24) is 0 Å². The molecule has 2 aromatic carbocycles. The Morgan fingerprint density at radius 2 is 1.59 bits per heavy atom. The second-order valence-corrected chi connectivity index (χ2v) is 3.85. The minimum absolute atomic E-state index is 0.294. The van der Waals surface area contributed by atoms with Crippen molar-refractivity contribution in [3.05, 3.63) is 66.0 Å².